The van der Waals surface area contributed by atoms with Gasteiger partial charge in [-0.05, 0) is 26.3 Å². The van der Waals surface area contributed by atoms with Gasteiger partial charge < -0.3 is 14.2 Å². The van der Waals surface area contributed by atoms with Gasteiger partial charge in [0.1, 0.15) is 4.83 Å². The average Bonchev–Trinajstić information content (AvgIpc) is 2.77. The van der Waals surface area contributed by atoms with E-state index in [2.05, 4.69) is 0 Å². The van der Waals surface area contributed by atoms with E-state index in [0.717, 1.165) is 16.1 Å². The molecule has 2 aromatic rings. The number of carbonyl (C=O) groups excluding carboxylic acids is 1. The molecule has 0 aromatic carbocycles. The minimum atomic E-state index is -0.276. The summed E-state index contributed by atoms with van der Waals surface area (Å²) < 4.78 is 7.22. The topological polar surface area (TPSA) is 50.9 Å². The Morgan fingerprint density at radius 2 is 2.28 bits per heavy atom. The van der Waals surface area contributed by atoms with E-state index in [1.54, 1.807) is 0 Å². The van der Waals surface area contributed by atoms with Gasteiger partial charge in [0.05, 0.1) is 11.7 Å². The van der Waals surface area contributed by atoms with Gasteiger partial charge >= 0.3 is 5.97 Å². The van der Waals surface area contributed by atoms with Crippen LogP contribution in [0.1, 0.15) is 35.5 Å². The zero-order chi connectivity index (χ0) is 13.3. The predicted molar refractivity (Wildman–Crippen MR) is 71.4 cm³/mol. The fraction of sp³-hybridized carbons (Fsp3) is 0.462. The third-order valence-electron chi connectivity index (χ3n) is 2.68. The summed E-state index contributed by atoms with van der Waals surface area (Å²) in [6.07, 6.45) is 2.39. The second-order valence-electron chi connectivity index (χ2n) is 4.52. The van der Waals surface area contributed by atoms with Crippen molar-refractivity contribution in [2.45, 2.75) is 33.3 Å². The van der Waals surface area contributed by atoms with Gasteiger partial charge in [-0.2, -0.15) is 0 Å². The third kappa shape index (κ3) is 2.28. The number of rotatable bonds is 4. The maximum absolute atomic E-state index is 12.0. The van der Waals surface area contributed by atoms with Crippen LogP contribution in [0.2, 0.25) is 0 Å². The molecule has 0 unspecified atom stereocenters. The summed E-state index contributed by atoms with van der Waals surface area (Å²) in [4.78, 5) is 12.9. The van der Waals surface area contributed by atoms with Gasteiger partial charge in [0.25, 0.3) is 0 Å². The highest BCUT2D eigenvalue weighted by Gasteiger charge is 2.20. The number of aromatic nitrogens is 1. The Balaban J connectivity index is 2.44. The van der Waals surface area contributed by atoms with Crippen LogP contribution in [0.5, 0.6) is 0 Å². The molecule has 0 radical (unpaired) electrons. The van der Waals surface area contributed by atoms with Crippen molar-refractivity contribution < 1.29 is 14.6 Å². The predicted octanol–water partition coefficient (Wildman–Crippen LogP) is 2.41. The molecule has 18 heavy (non-hydrogen) atoms. The molecule has 2 rings (SSSR count). The minimum absolute atomic E-state index is 0.106. The van der Waals surface area contributed by atoms with Gasteiger partial charge in [-0.1, -0.05) is 0 Å². The van der Waals surface area contributed by atoms with Gasteiger partial charge in [0, 0.05) is 30.3 Å². The van der Waals surface area contributed by atoms with Crippen LogP contribution in [0, 0.1) is 6.92 Å². The Morgan fingerprint density at radius 1 is 1.56 bits per heavy atom. The van der Waals surface area contributed by atoms with Crippen molar-refractivity contribution in [3.05, 3.63) is 28.4 Å². The second kappa shape index (κ2) is 5.12. The average molecular weight is 267 g/mol. The Labute approximate surface area is 110 Å². The molecule has 2 heterocycles. The van der Waals surface area contributed by atoms with E-state index in [1.165, 1.54) is 11.3 Å². The first kappa shape index (κ1) is 13.1. The number of carbonyl (C=O) groups is 1. The molecule has 1 N–H and O–H groups in total. The zero-order valence-corrected chi connectivity index (χ0v) is 11.6. The largest absolute Gasteiger partial charge is 0.459 e. The number of hydrogen-bond donors (Lipinski definition) is 1. The smallest absolute Gasteiger partial charge is 0.341 e. The Kier molecular flexibility index (Phi) is 3.73. The number of aryl methyl sites for hydroxylation is 1. The fourth-order valence-electron chi connectivity index (χ4n) is 1.93. The highest BCUT2D eigenvalue weighted by Crippen LogP contribution is 2.26. The molecule has 0 aliphatic rings. The molecule has 0 aliphatic heterocycles. The molecule has 4 nitrogen and oxygen atoms in total. The van der Waals surface area contributed by atoms with Crippen molar-refractivity contribution in [3.63, 3.8) is 0 Å². The van der Waals surface area contributed by atoms with Crippen LogP contribution in [0.25, 0.3) is 4.83 Å². The summed E-state index contributed by atoms with van der Waals surface area (Å²) in [7, 11) is 0. The molecule has 5 heteroatoms. The van der Waals surface area contributed by atoms with Gasteiger partial charge in [-0.3, -0.25) is 0 Å². The molecule has 0 aliphatic carbocycles. The monoisotopic (exact) mass is 267 g/mol. The molecule has 2 aromatic heterocycles. The Hall–Kier alpha value is -1.33. The van der Waals surface area contributed by atoms with Crippen molar-refractivity contribution in [2.24, 2.45) is 0 Å². The molecule has 0 bridgehead atoms. The second-order valence-corrected chi connectivity index (χ2v) is 5.38. The first-order chi connectivity index (χ1) is 8.54. The lowest BCUT2D eigenvalue weighted by Gasteiger charge is -2.07. The normalized spacial score (nSPS) is 11.4. The molecular formula is C13H17NO3S. The number of thiazole rings is 1. The first-order valence-corrected chi connectivity index (χ1v) is 6.82. The molecule has 0 amide bonds. The number of hydrogen-bond acceptors (Lipinski definition) is 4. The van der Waals surface area contributed by atoms with Crippen LogP contribution in [0.4, 0.5) is 0 Å². The Morgan fingerprint density at radius 3 is 2.89 bits per heavy atom. The summed E-state index contributed by atoms with van der Waals surface area (Å²) in [5.74, 6) is -0.276. The molecule has 0 fully saturated rings. The van der Waals surface area contributed by atoms with E-state index in [-0.39, 0.29) is 18.7 Å². The highest BCUT2D eigenvalue weighted by molar-refractivity contribution is 7.16. The van der Waals surface area contributed by atoms with Crippen LogP contribution in [0.15, 0.2) is 11.6 Å². The van der Waals surface area contributed by atoms with E-state index in [1.807, 2.05) is 36.7 Å². The van der Waals surface area contributed by atoms with E-state index in [4.69, 9.17) is 9.84 Å². The lowest BCUT2D eigenvalue weighted by atomic mass is 10.2. The SMILES string of the molecule is Cc1cn2c(CCO)csc2c1C(=O)OC(C)C. The van der Waals surface area contributed by atoms with Gasteiger partial charge in [0.15, 0.2) is 0 Å². The molecule has 0 atom stereocenters. The number of ether oxygens (including phenoxy) is 1. The molecule has 0 saturated carbocycles. The highest BCUT2D eigenvalue weighted by atomic mass is 32.1. The summed E-state index contributed by atoms with van der Waals surface area (Å²) in [5, 5.41) is 11.0. The van der Waals surface area contributed by atoms with Gasteiger partial charge in [0.2, 0.25) is 0 Å². The van der Waals surface area contributed by atoms with Gasteiger partial charge in [-0.25, -0.2) is 4.79 Å². The zero-order valence-electron chi connectivity index (χ0n) is 10.8. The van der Waals surface area contributed by atoms with Crippen LogP contribution in [0.3, 0.4) is 0 Å². The van der Waals surface area contributed by atoms with Crippen molar-refractivity contribution in [2.75, 3.05) is 6.61 Å². The molecule has 0 spiro atoms. The van der Waals surface area contributed by atoms with Crippen molar-refractivity contribution in [1.82, 2.24) is 4.40 Å². The van der Waals surface area contributed by atoms with E-state index in [0.29, 0.717) is 12.0 Å². The fourth-order valence-corrected chi connectivity index (χ4v) is 3.06. The van der Waals surface area contributed by atoms with Crippen molar-refractivity contribution >= 4 is 22.1 Å². The molecule has 98 valence electrons. The molecule has 0 saturated heterocycles. The van der Waals surface area contributed by atoms with Crippen LogP contribution in [-0.4, -0.2) is 28.2 Å². The maximum Gasteiger partial charge on any atom is 0.341 e. The minimum Gasteiger partial charge on any atom is -0.459 e. The first-order valence-electron chi connectivity index (χ1n) is 5.94. The Bertz CT molecular complexity index is 568. The standard InChI is InChI=1S/C13H17NO3S/c1-8(2)17-13(16)11-9(3)6-14-10(4-5-15)7-18-12(11)14/h6-8,15H,4-5H2,1-3H3. The third-order valence-corrected chi connectivity index (χ3v) is 3.69. The van der Waals surface area contributed by atoms with E-state index in [9.17, 15) is 4.79 Å². The van der Waals surface area contributed by atoms with E-state index >= 15 is 0 Å². The quantitative estimate of drug-likeness (QED) is 0.865. The van der Waals surface area contributed by atoms with Crippen LogP contribution < -0.4 is 0 Å². The number of aliphatic hydroxyl groups excluding tert-OH is 1. The number of fused-ring (bicyclic) bond motifs is 1. The van der Waals surface area contributed by atoms with Crippen LogP contribution >= 0.6 is 11.3 Å². The molecular weight excluding hydrogens is 250 g/mol. The number of esters is 1. The van der Waals surface area contributed by atoms with Crippen molar-refractivity contribution in [1.29, 1.82) is 0 Å². The van der Waals surface area contributed by atoms with Crippen LogP contribution in [-0.2, 0) is 11.2 Å². The van der Waals surface area contributed by atoms with Gasteiger partial charge in [-0.15, -0.1) is 11.3 Å². The summed E-state index contributed by atoms with van der Waals surface area (Å²) in [5.41, 5.74) is 2.56. The summed E-state index contributed by atoms with van der Waals surface area (Å²) in [6, 6.07) is 0. The lowest BCUT2D eigenvalue weighted by Crippen LogP contribution is -2.11. The maximum atomic E-state index is 12.0. The number of nitrogens with zero attached hydrogens (tertiary/aromatic N) is 1. The van der Waals surface area contributed by atoms with Crippen molar-refractivity contribution in [3.8, 4) is 0 Å². The summed E-state index contributed by atoms with van der Waals surface area (Å²) >= 11 is 1.51. The van der Waals surface area contributed by atoms with E-state index < -0.39 is 0 Å². The number of aliphatic hydroxyl groups is 1. The summed E-state index contributed by atoms with van der Waals surface area (Å²) in [6.45, 7) is 5.69. The lowest BCUT2D eigenvalue weighted by molar-refractivity contribution is 0.0380.